The number of hydrogen-bond donors (Lipinski definition) is 1. The molecule has 0 amide bonds. The van der Waals surface area contributed by atoms with E-state index in [-0.39, 0.29) is 30.7 Å². The fourth-order valence-electron chi connectivity index (χ4n) is 4.43. The average Bonchev–Trinajstić information content (AvgIpc) is 2.43. The van der Waals surface area contributed by atoms with Gasteiger partial charge in [-0.1, -0.05) is 13.3 Å². The van der Waals surface area contributed by atoms with Crippen molar-refractivity contribution in [1.29, 1.82) is 0 Å². The second kappa shape index (κ2) is 8.15. The summed E-state index contributed by atoms with van der Waals surface area (Å²) in [6.07, 6.45) is 5.22. The van der Waals surface area contributed by atoms with Gasteiger partial charge in [0.1, 0.15) is 6.61 Å². The molecule has 1 N–H and O–H groups in total. The summed E-state index contributed by atoms with van der Waals surface area (Å²) in [5.74, 6) is 1.44. The van der Waals surface area contributed by atoms with Crippen LogP contribution >= 0.6 is 0 Å². The highest BCUT2D eigenvalue weighted by molar-refractivity contribution is 7.86. The first-order chi connectivity index (χ1) is 11.5. The van der Waals surface area contributed by atoms with Crippen LogP contribution < -0.4 is 0 Å². The first kappa shape index (κ1) is 21.0. The largest absolute Gasteiger partial charge is 0.392 e. The van der Waals surface area contributed by atoms with E-state index in [0.29, 0.717) is 11.8 Å². The molecule has 8 heteroatoms. The van der Waals surface area contributed by atoms with Crippen LogP contribution in [0, 0.1) is 23.7 Å². The lowest BCUT2D eigenvalue weighted by Gasteiger charge is -2.45. The van der Waals surface area contributed by atoms with Crippen molar-refractivity contribution in [3.63, 3.8) is 0 Å². The molecule has 5 unspecified atom stereocenters. The molecule has 0 spiro atoms. The van der Waals surface area contributed by atoms with Crippen molar-refractivity contribution in [2.24, 2.45) is 23.7 Å². The monoisotopic (exact) mass is 384 g/mol. The fraction of sp³-hybridized carbons (Fsp3) is 1.00. The van der Waals surface area contributed by atoms with Gasteiger partial charge in [0.2, 0.25) is 0 Å². The molecule has 5 atom stereocenters. The van der Waals surface area contributed by atoms with E-state index in [9.17, 15) is 17.2 Å². The predicted molar refractivity (Wildman–Crippen MR) is 90.0 cm³/mol. The molecule has 0 heterocycles. The van der Waals surface area contributed by atoms with Crippen LogP contribution in [-0.4, -0.2) is 43.6 Å². The summed E-state index contributed by atoms with van der Waals surface area (Å²) >= 11 is 0. The number of fused-ring (bicyclic) bond motifs is 5. The maximum atomic E-state index is 13.3. The van der Waals surface area contributed by atoms with E-state index in [0.717, 1.165) is 32.1 Å². The Labute approximate surface area is 149 Å². The molecule has 0 aromatic carbocycles. The van der Waals surface area contributed by atoms with Crippen LogP contribution in [0.4, 0.5) is 8.78 Å². The molecule has 3 rings (SSSR count). The molecule has 2 bridgehead atoms. The van der Waals surface area contributed by atoms with Gasteiger partial charge in [0, 0.05) is 0 Å². The van der Waals surface area contributed by atoms with Gasteiger partial charge in [-0.3, -0.25) is 4.55 Å². The summed E-state index contributed by atoms with van der Waals surface area (Å²) < 4.78 is 67.7. The van der Waals surface area contributed by atoms with Crippen molar-refractivity contribution >= 4 is 10.1 Å². The average molecular weight is 384 g/mol. The first-order valence-electron chi connectivity index (χ1n) is 9.07. The third-order valence-electron chi connectivity index (χ3n) is 5.42. The summed E-state index contributed by atoms with van der Waals surface area (Å²) in [5.41, 5.74) is 0. The third kappa shape index (κ3) is 5.58. The molecule has 148 valence electrons. The van der Waals surface area contributed by atoms with E-state index in [1.54, 1.807) is 0 Å². The van der Waals surface area contributed by atoms with Gasteiger partial charge in [-0.2, -0.15) is 17.2 Å². The molecule has 3 aliphatic rings. The summed E-state index contributed by atoms with van der Waals surface area (Å²) in [4.78, 5) is 0. The Kier molecular flexibility index (Phi) is 6.84. The van der Waals surface area contributed by atoms with Crippen LogP contribution in [0.3, 0.4) is 0 Å². The zero-order valence-electron chi connectivity index (χ0n) is 15.2. The Morgan fingerprint density at radius 2 is 1.88 bits per heavy atom. The molecular formula is C17H30F2O5S. The second-order valence-electron chi connectivity index (χ2n) is 8.03. The highest BCUT2D eigenvalue weighted by Gasteiger charge is 2.45. The van der Waals surface area contributed by atoms with Gasteiger partial charge in [0.05, 0.1) is 18.8 Å². The topological polar surface area (TPSA) is 72.8 Å². The molecule has 0 aromatic heterocycles. The number of rotatable bonds is 7. The summed E-state index contributed by atoms with van der Waals surface area (Å²) in [7, 11) is -5.45. The zero-order chi connectivity index (χ0) is 18.8. The Hall–Kier alpha value is -0.310. The molecule has 3 fully saturated rings. The Morgan fingerprint density at radius 3 is 2.48 bits per heavy atom. The Bertz CT molecular complexity index is 537. The molecule has 0 saturated heterocycles. The number of alkyl halides is 2. The molecule has 0 aromatic rings. The third-order valence-corrected chi connectivity index (χ3v) is 6.30. The van der Waals surface area contributed by atoms with Crippen LogP contribution in [0.15, 0.2) is 0 Å². The summed E-state index contributed by atoms with van der Waals surface area (Å²) in [6, 6.07) is 0. The fourth-order valence-corrected chi connectivity index (χ4v) is 4.66. The smallest absolute Gasteiger partial charge is 0.375 e. The molecule has 5 nitrogen and oxygen atoms in total. The second-order valence-corrected chi connectivity index (χ2v) is 9.58. The maximum absolute atomic E-state index is 13.3. The first-order valence-corrected chi connectivity index (χ1v) is 10.5. The summed E-state index contributed by atoms with van der Waals surface area (Å²) in [5, 5.41) is -4.27. The van der Waals surface area contributed by atoms with Crippen molar-refractivity contribution in [3.05, 3.63) is 0 Å². The lowest BCUT2D eigenvalue weighted by molar-refractivity contribution is -0.102. The molecule has 3 aliphatic carbocycles. The molecule has 0 radical (unpaired) electrons. The van der Waals surface area contributed by atoms with E-state index in [1.807, 2.05) is 13.8 Å². The molecule has 0 aliphatic heterocycles. The van der Waals surface area contributed by atoms with Crippen molar-refractivity contribution in [2.75, 3.05) is 13.2 Å². The number of hydrogen-bond acceptors (Lipinski definition) is 4. The van der Waals surface area contributed by atoms with Gasteiger partial charge in [0.15, 0.2) is 0 Å². The number of ether oxygens (including phenoxy) is 2. The molecule has 3 saturated carbocycles. The van der Waals surface area contributed by atoms with Gasteiger partial charge in [-0.15, -0.1) is 0 Å². The van der Waals surface area contributed by atoms with Gasteiger partial charge >= 0.3 is 15.4 Å². The van der Waals surface area contributed by atoms with Crippen molar-refractivity contribution < 1.29 is 31.2 Å². The molecular weight excluding hydrogens is 354 g/mol. The van der Waals surface area contributed by atoms with Crippen molar-refractivity contribution in [1.82, 2.24) is 0 Å². The predicted octanol–water partition coefficient (Wildman–Crippen LogP) is 3.74. The lowest BCUT2D eigenvalue weighted by atomic mass is 9.65. The minimum absolute atomic E-state index is 0.0681. The standard InChI is InChI=1S/C17H30F2O5S/c1-11(2)24-16-7-12(3)6-13-4-5-15(16)14(8-13)9-23-10-17(18,19)25(20,21)22/h11-16H,4-10H2,1-3H3,(H,20,21,22). The van der Waals surface area contributed by atoms with Crippen LogP contribution in [0.5, 0.6) is 0 Å². The van der Waals surface area contributed by atoms with Gasteiger partial charge in [-0.05, 0) is 63.2 Å². The normalized spacial score (nSPS) is 34.1. The Morgan fingerprint density at radius 1 is 1.20 bits per heavy atom. The highest BCUT2D eigenvalue weighted by Crippen LogP contribution is 2.44. The van der Waals surface area contributed by atoms with E-state index in [4.69, 9.17) is 14.0 Å². The van der Waals surface area contributed by atoms with E-state index < -0.39 is 22.0 Å². The number of halogens is 2. The summed E-state index contributed by atoms with van der Waals surface area (Å²) in [6.45, 7) is 4.97. The zero-order valence-corrected chi connectivity index (χ0v) is 16.0. The van der Waals surface area contributed by atoms with Crippen molar-refractivity contribution in [2.45, 2.75) is 70.3 Å². The van der Waals surface area contributed by atoms with E-state index >= 15 is 0 Å². The quantitative estimate of drug-likeness (QED) is 0.677. The molecule has 25 heavy (non-hydrogen) atoms. The maximum Gasteiger partial charge on any atom is 0.392 e. The van der Waals surface area contributed by atoms with Gasteiger partial charge in [-0.25, -0.2) is 0 Å². The Balaban J connectivity index is 2.01. The van der Waals surface area contributed by atoms with Crippen LogP contribution in [0.25, 0.3) is 0 Å². The lowest BCUT2D eigenvalue weighted by Crippen LogP contribution is -2.43. The van der Waals surface area contributed by atoms with Crippen LogP contribution in [-0.2, 0) is 19.6 Å². The van der Waals surface area contributed by atoms with Gasteiger partial charge in [0.25, 0.3) is 0 Å². The van der Waals surface area contributed by atoms with Crippen LogP contribution in [0.1, 0.15) is 52.9 Å². The van der Waals surface area contributed by atoms with Gasteiger partial charge < -0.3 is 9.47 Å². The highest BCUT2D eigenvalue weighted by atomic mass is 32.2. The van der Waals surface area contributed by atoms with Crippen LogP contribution in [0.2, 0.25) is 0 Å². The SMILES string of the molecule is CC1CC2CCC(C(COCC(F)(F)S(=O)(=O)O)C2)C(OC(C)C)C1. The minimum atomic E-state index is -5.45. The minimum Gasteiger partial charge on any atom is -0.375 e. The van der Waals surface area contributed by atoms with E-state index in [1.165, 1.54) is 0 Å². The van der Waals surface area contributed by atoms with Crippen molar-refractivity contribution in [3.8, 4) is 0 Å². The van der Waals surface area contributed by atoms with E-state index in [2.05, 4.69) is 6.92 Å².